The van der Waals surface area contributed by atoms with Crippen LogP contribution in [0, 0.1) is 6.92 Å². The molecule has 2 aromatic carbocycles. The summed E-state index contributed by atoms with van der Waals surface area (Å²) >= 11 is 0. The van der Waals surface area contributed by atoms with Crippen molar-refractivity contribution in [1.29, 1.82) is 0 Å². The van der Waals surface area contributed by atoms with Gasteiger partial charge in [-0.3, -0.25) is 4.90 Å². The fourth-order valence-electron chi connectivity index (χ4n) is 3.56. The van der Waals surface area contributed by atoms with Gasteiger partial charge in [-0.15, -0.1) is 0 Å². The second-order valence-electron chi connectivity index (χ2n) is 7.10. The number of aryl methyl sites for hydroxylation is 1. The fourth-order valence-corrected chi connectivity index (χ4v) is 3.56. The SMILES string of the molecule is Cc1nc(CN(Cc2ccc(-c3ccccc3)cc2)C[C@@H]2CCCO2)no1. The van der Waals surface area contributed by atoms with Crippen LogP contribution in [0.4, 0.5) is 0 Å². The third-order valence-electron chi connectivity index (χ3n) is 4.89. The molecule has 5 nitrogen and oxygen atoms in total. The molecule has 0 amide bonds. The summed E-state index contributed by atoms with van der Waals surface area (Å²) in [5.41, 5.74) is 3.74. The largest absolute Gasteiger partial charge is 0.377 e. The summed E-state index contributed by atoms with van der Waals surface area (Å²) in [6, 6.07) is 19.2. The Kier molecular flexibility index (Phi) is 5.61. The molecule has 0 spiro atoms. The first-order chi connectivity index (χ1) is 13.3. The second-order valence-corrected chi connectivity index (χ2v) is 7.10. The van der Waals surface area contributed by atoms with Crippen molar-refractivity contribution in [1.82, 2.24) is 15.0 Å². The molecular formula is C22H25N3O2. The lowest BCUT2D eigenvalue weighted by molar-refractivity contribution is 0.0667. The lowest BCUT2D eigenvalue weighted by Gasteiger charge is -2.24. The van der Waals surface area contributed by atoms with Gasteiger partial charge in [0.05, 0.1) is 12.6 Å². The molecule has 0 radical (unpaired) electrons. The van der Waals surface area contributed by atoms with E-state index >= 15 is 0 Å². The number of hydrogen-bond acceptors (Lipinski definition) is 5. The third-order valence-corrected chi connectivity index (χ3v) is 4.89. The van der Waals surface area contributed by atoms with Crippen LogP contribution in [-0.2, 0) is 17.8 Å². The highest BCUT2D eigenvalue weighted by molar-refractivity contribution is 5.63. The Bertz CT molecular complexity index is 840. The van der Waals surface area contributed by atoms with Crippen LogP contribution < -0.4 is 0 Å². The highest BCUT2D eigenvalue weighted by atomic mass is 16.5. The first-order valence-electron chi connectivity index (χ1n) is 9.54. The predicted molar refractivity (Wildman–Crippen MR) is 104 cm³/mol. The maximum atomic E-state index is 5.84. The minimum absolute atomic E-state index is 0.293. The molecule has 3 aromatic rings. The first-order valence-corrected chi connectivity index (χ1v) is 9.54. The Balaban J connectivity index is 1.46. The van der Waals surface area contributed by atoms with E-state index < -0.39 is 0 Å². The Morgan fingerprint density at radius 3 is 2.44 bits per heavy atom. The van der Waals surface area contributed by atoms with Gasteiger partial charge in [0, 0.05) is 26.6 Å². The lowest BCUT2D eigenvalue weighted by Crippen LogP contribution is -2.31. The van der Waals surface area contributed by atoms with Crippen LogP contribution in [0.5, 0.6) is 0 Å². The van der Waals surface area contributed by atoms with E-state index in [-0.39, 0.29) is 0 Å². The zero-order valence-corrected chi connectivity index (χ0v) is 15.7. The molecule has 5 heteroatoms. The summed E-state index contributed by atoms with van der Waals surface area (Å²) in [7, 11) is 0. The minimum Gasteiger partial charge on any atom is -0.377 e. The molecule has 4 rings (SSSR count). The molecule has 0 bridgehead atoms. The monoisotopic (exact) mass is 363 g/mol. The topological polar surface area (TPSA) is 51.4 Å². The van der Waals surface area contributed by atoms with Crippen molar-refractivity contribution in [3.8, 4) is 11.1 Å². The van der Waals surface area contributed by atoms with Crippen molar-refractivity contribution in [3.63, 3.8) is 0 Å². The average molecular weight is 363 g/mol. The van der Waals surface area contributed by atoms with Gasteiger partial charge < -0.3 is 9.26 Å². The Morgan fingerprint density at radius 2 is 1.78 bits per heavy atom. The smallest absolute Gasteiger partial charge is 0.223 e. The van der Waals surface area contributed by atoms with E-state index in [9.17, 15) is 0 Å². The third kappa shape index (κ3) is 4.81. The normalized spacial score (nSPS) is 16.9. The summed E-state index contributed by atoms with van der Waals surface area (Å²) in [4.78, 5) is 6.71. The second kappa shape index (κ2) is 8.46. The lowest BCUT2D eigenvalue weighted by atomic mass is 10.0. The molecule has 2 heterocycles. The maximum Gasteiger partial charge on any atom is 0.223 e. The van der Waals surface area contributed by atoms with Gasteiger partial charge in [0.1, 0.15) is 0 Å². The number of nitrogens with zero attached hydrogens (tertiary/aromatic N) is 3. The highest BCUT2D eigenvalue weighted by Gasteiger charge is 2.21. The van der Waals surface area contributed by atoms with Crippen molar-refractivity contribution in [3.05, 3.63) is 71.9 Å². The molecule has 1 aliphatic rings. The minimum atomic E-state index is 0.293. The molecule has 140 valence electrons. The maximum absolute atomic E-state index is 5.84. The van der Waals surface area contributed by atoms with E-state index in [1.54, 1.807) is 0 Å². The van der Waals surface area contributed by atoms with E-state index in [2.05, 4.69) is 63.6 Å². The van der Waals surface area contributed by atoms with Crippen LogP contribution in [0.3, 0.4) is 0 Å². The van der Waals surface area contributed by atoms with E-state index in [1.165, 1.54) is 16.7 Å². The number of rotatable bonds is 7. The first kappa shape index (κ1) is 17.9. The van der Waals surface area contributed by atoms with Crippen molar-refractivity contribution in [2.45, 2.75) is 39.0 Å². The van der Waals surface area contributed by atoms with Crippen LogP contribution in [0.2, 0.25) is 0 Å². The van der Waals surface area contributed by atoms with Crippen LogP contribution in [0.15, 0.2) is 59.1 Å². The zero-order chi connectivity index (χ0) is 18.5. The van der Waals surface area contributed by atoms with Crippen molar-refractivity contribution in [2.75, 3.05) is 13.2 Å². The molecule has 1 atom stereocenters. The number of benzene rings is 2. The molecule has 0 N–H and O–H groups in total. The Morgan fingerprint density at radius 1 is 1.00 bits per heavy atom. The van der Waals surface area contributed by atoms with Crippen LogP contribution in [0.25, 0.3) is 11.1 Å². The van der Waals surface area contributed by atoms with Crippen LogP contribution >= 0.6 is 0 Å². The van der Waals surface area contributed by atoms with Gasteiger partial charge in [0.2, 0.25) is 5.89 Å². The fraction of sp³-hybridized carbons (Fsp3) is 0.364. The predicted octanol–water partition coefficient (Wildman–Crippen LogP) is 4.23. The van der Waals surface area contributed by atoms with E-state index in [1.807, 2.05) is 13.0 Å². The average Bonchev–Trinajstić information content (AvgIpc) is 3.35. The van der Waals surface area contributed by atoms with Gasteiger partial charge in [0.15, 0.2) is 5.82 Å². The van der Waals surface area contributed by atoms with E-state index in [4.69, 9.17) is 9.26 Å². The van der Waals surface area contributed by atoms with Crippen molar-refractivity contribution < 1.29 is 9.26 Å². The van der Waals surface area contributed by atoms with Gasteiger partial charge in [-0.25, -0.2) is 0 Å². The highest BCUT2D eigenvalue weighted by Crippen LogP contribution is 2.21. The molecule has 0 saturated carbocycles. The van der Waals surface area contributed by atoms with Gasteiger partial charge >= 0.3 is 0 Å². The Hall–Kier alpha value is -2.50. The molecular weight excluding hydrogens is 338 g/mol. The van der Waals surface area contributed by atoms with Gasteiger partial charge in [-0.1, -0.05) is 59.8 Å². The number of hydrogen-bond donors (Lipinski definition) is 0. The standard InChI is InChI=1S/C22H25N3O2/c1-17-23-22(24-27-17)16-25(15-21-8-5-13-26-21)14-18-9-11-20(12-10-18)19-6-3-2-4-7-19/h2-4,6-7,9-12,21H,5,8,13-16H2,1H3/t21-/m0/s1. The van der Waals surface area contributed by atoms with E-state index in [0.29, 0.717) is 18.5 Å². The molecule has 27 heavy (non-hydrogen) atoms. The molecule has 1 saturated heterocycles. The van der Waals surface area contributed by atoms with Crippen LogP contribution in [0.1, 0.15) is 30.1 Å². The van der Waals surface area contributed by atoms with Crippen LogP contribution in [-0.4, -0.2) is 34.3 Å². The summed E-state index contributed by atoms with van der Waals surface area (Å²) < 4.78 is 11.0. The summed E-state index contributed by atoms with van der Waals surface area (Å²) in [5, 5.41) is 4.06. The van der Waals surface area contributed by atoms with Gasteiger partial charge in [-0.05, 0) is 29.5 Å². The molecule has 1 fully saturated rings. The van der Waals surface area contributed by atoms with Crippen molar-refractivity contribution >= 4 is 0 Å². The summed E-state index contributed by atoms with van der Waals surface area (Å²) in [6.07, 6.45) is 2.56. The number of aromatic nitrogens is 2. The number of ether oxygens (including phenoxy) is 1. The summed E-state index contributed by atoms with van der Waals surface area (Å²) in [5.74, 6) is 1.33. The van der Waals surface area contributed by atoms with Gasteiger partial charge in [0.25, 0.3) is 0 Å². The van der Waals surface area contributed by atoms with E-state index in [0.717, 1.165) is 38.4 Å². The molecule has 1 aromatic heterocycles. The Labute approximate surface area is 160 Å². The molecule has 0 unspecified atom stereocenters. The summed E-state index contributed by atoms with van der Waals surface area (Å²) in [6.45, 7) is 5.07. The quantitative estimate of drug-likeness (QED) is 0.629. The molecule has 0 aliphatic carbocycles. The van der Waals surface area contributed by atoms with Gasteiger partial charge in [-0.2, -0.15) is 4.98 Å². The van der Waals surface area contributed by atoms with Crippen molar-refractivity contribution in [2.24, 2.45) is 0 Å². The zero-order valence-electron chi connectivity index (χ0n) is 15.7. The molecule has 1 aliphatic heterocycles.